The van der Waals surface area contributed by atoms with E-state index in [0.29, 0.717) is 6.42 Å². The normalized spacial score (nSPS) is 23.5. The van der Waals surface area contributed by atoms with E-state index in [0.717, 1.165) is 0 Å². The topological polar surface area (TPSA) is 55.4 Å². The molecule has 0 aromatic heterocycles. The molecule has 6 heteroatoms. The number of hydrogen-bond acceptors (Lipinski definition) is 3. The van der Waals surface area contributed by atoms with Gasteiger partial charge in [0.15, 0.2) is 0 Å². The maximum Gasteiger partial charge on any atom is 0.325 e. The lowest BCUT2D eigenvalue weighted by Gasteiger charge is -2.02. The highest BCUT2D eigenvalue weighted by Crippen LogP contribution is 2.53. The molecule has 4 nitrogen and oxygen atoms in total. The number of carbonyl (C=O) groups is 2. The quantitative estimate of drug-likeness (QED) is 0.562. The van der Waals surface area contributed by atoms with E-state index in [2.05, 4.69) is 10.1 Å². The summed E-state index contributed by atoms with van der Waals surface area (Å²) < 4.78 is 3.39. The zero-order chi connectivity index (χ0) is 10.1. The summed E-state index contributed by atoms with van der Waals surface area (Å²) in [4.78, 5) is 21.8. The average Bonchev–Trinajstić information content (AvgIpc) is 2.70. The van der Waals surface area contributed by atoms with Crippen LogP contribution in [0.3, 0.4) is 0 Å². The van der Waals surface area contributed by atoms with Crippen LogP contribution in [0.15, 0.2) is 0 Å². The Hall–Kier alpha value is -0.480. The van der Waals surface area contributed by atoms with E-state index >= 15 is 0 Å². The van der Waals surface area contributed by atoms with Gasteiger partial charge in [0.05, 0.1) is 13.0 Å². The first-order chi connectivity index (χ1) is 5.97. The number of amides is 1. The maximum atomic E-state index is 11.2. The molecule has 0 heterocycles. The van der Waals surface area contributed by atoms with Gasteiger partial charge < -0.3 is 10.1 Å². The fourth-order valence-corrected chi connectivity index (χ4v) is 1.36. The monoisotopic (exact) mass is 225 g/mol. The predicted octanol–water partition coefficient (Wildman–Crippen LogP) is 0.469. The summed E-state index contributed by atoms with van der Waals surface area (Å²) in [6, 6.07) is 0. The van der Waals surface area contributed by atoms with Crippen LogP contribution in [0.1, 0.15) is 6.42 Å². The van der Waals surface area contributed by atoms with E-state index in [4.69, 9.17) is 23.2 Å². The fourth-order valence-electron chi connectivity index (χ4n) is 0.852. The van der Waals surface area contributed by atoms with Crippen molar-refractivity contribution in [3.8, 4) is 0 Å². The number of hydrogen-bond donors (Lipinski definition) is 1. The van der Waals surface area contributed by atoms with Crippen LogP contribution in [0.4, 0.5) is 0 Å². The second-order valence-electron chi connectivity index (χ2n) is 2.81. The van der Waals surface area contributed by atoms with Gasteiger partial charge in [0.25, 0.3) is 0 Å². The van der Waals surface area contributed by atoms with Crippen LogP contribution in [-0.4, -0.2) is 29.9 Å². The van der Waals surface area contributed by atoms with Gasteiger partial charge in [-0.25, -0.2) is 0 Å². The van der Waals surface area contributed by atoms with Crippen LogP contribution in [0.25, 0.3) is 0 Å². The molecule has 1 amide bonds. The third kappa shape index (κ3) is 2.74. The summed E-state index contributed by atoms with van der Waals surface area (Å²) in [7, 11) is 1.25. The summed E-state index contributed by atoms with van der Waals surface area (Å²) in [5, 5.41) is 2.37. The second-order valence-corrected chi connectivity index (χ2v) is 4.35. The molecule has 1 aliphatic rings. The third-order valence-electron chi connectivity index (χ3n) is 1.78. The van der Waals surface area contributed by atoms with E-state index in [-0.39, 0.29) is 12.5 Å². The molecule has 1 saturated carbocycles. The molecule has 13 heavy (non-hydrogen) atoms. The summed E-state index contributed by atoms with van der Waals surface area (Å²) in [5.74, 6) is -1.21. The number of carbonyl (C=O) groups excluding carboxylic acids is 2. The summed E-state index contributed by atoms with van der Waals surface area (Å²) >= 11 is 11.3. The Labute approximate surface area is 85.5 Å². The van der Waals surface area contributed by atoms with Crippen molar-refractivity contribution in [3.05, 3.63) is 0 Å². The van der Waals surface area contributed by atoms with Crippen molar-refractivity contribution < 1.29 is 14.3 Å². The van der Waals surface area contributed by atoms with Gasteiger partial charge in [-0.2, -0.15) is 0 Å². The Kier molecular flexibility index (Phi) is 3.03. The van der Waals surface area contributed by atoms with Gasteiger partial charge in [0.1, 0.15) is 10.9 Å². The molecule has 0 saturated heterocycles. The first kappa shape index (κ1) is 10.6. The lowest BCUT2D eigenvalue weighted by atomic mass is 10.4. The van der Waals surface area contributed by atoms with Crippen molar-refractivity contribution in [3.63, 3.8) is 0 Å². The molecule has 1 atom stereocenters. The number of esters is 1. The Bertz CT molecular complexity index is 242. The van der Waals surface area contributed by atoms with Gasteiger partial charge >= 0.3 is 5.97 Å². The fraction of sp³-hybridized carbons (Fsp3) is 0.714. The maximum absolute atomic E-state index is 11.2. The van der Waals surface area contributed by atoms with Gasteiger partial charge in [-0.3, -0.25) is 9.59 Å². The van der Waals surface area contributed by atoms with Crippen molar-refractivity contribution in [1.29, 1.82) is 0 Å². The summed E-state index contributed by atoms with van der Waals surface area (Å²) in [6.07, 6.45) is 0.434. The number of halogens is 2. The van der Waals surface area contributed by atoms with Crippen LogP contribution >= 0.6 is 23.2 Å². The van der Waals surface area contributed by atoms with Gasteiger partial charge in [0.2, 0.25) is 5.91 Å². The summed E-state index contributed by atoms with van der Waals surface area (Å²) in [6.45, 7) is -0.143. The van der Waals surface area contributed by atoms with Crippen LogP contribution in [0.2, 0.25) is 0 Å². The van der Waals surface area contributed by atoms with E-state index in [1.807, 2.05) is 0 Å². The number of alkyl halides is 2. The molecule has 74 valence electrons. The highest BCUT2D eigenvalue weighted by Gasteiger charge is 2.56. The SMILES string of the molecule is COC(=O)CNC(=O)[C@@H]1CC1(Cl)Cl. The standard InChI is InChI=1S/C7H9Cl2NO3/c1-13-5(11)3-10-6(12)4-2-7(4,8)9/h4H,2-3H2,1H3,(H,10,12)/t4-/m0/s1. The van der Waals surface area contributed by atoms with Crippen molar-refractivity contribution in [2.24, 2.45) is 5.92 Å². The second kappa shape index (κ2) is 3.72. The number of methoxy groups -OCH3 is 1. The highest BCUT2D eigenvalue weighted by molar-refractivity contribution is 6.52. The number of nitrogens with one attached hydrogen (secondary N) is 1. The molecule has 0 aromatic rings. The predicted molar refractivity (Wildman–Crippen MR) is 47.6 cm³/mol. The molecule has 0 radical (unpaired) electrons. The molecule has 1 fully saturated rings. The lowest BCUT2D eigenvalue weighted by Crippen LogP contribution is -2.32. The molecule has 0 unspecified atom stereocenters. The molecule has 0 aliphatic heterocycles. The molecule has 0 spiro atoms. The Morgan fingerprint density at radius 3 is 2.54 bits per heavy atom. The van der Waals surface area contributed by atoms with Crippen molar-refractivity contribution in [2.75, 3.05) is 13.7 Å². The molecule has 0 aromatic carbocycles. The van der Waals surface area contributed by atoms with Crippen LogP contribution in [-0.2, 0) is 14.3 Å². The highest BCUT2D eigenvalue weighted by atomic mass is 35.5. The van der Waals surface area contributed by atoms with Gasteiger partial charge in [-0.15, -0.1) is 23.2 Å². The number of ether oxygens (including phenoxy) is 1. The van der Waals surface area contributed by atoms with E-state index in [1.54, 1.807) is 0 Å². The molecule has 0 bridgehead atoms. The average molecular weight is 226 g/mol. The summed E-state index contributed by atoms with van der Waals surface area (Å²) in [5.41, 5.74) is 0. The largest absolute Gasteiger partial charge is 0.468 e. The molecule has 1 aliphatic carbocycles. The zero-order valence-corrected chi connectivity index (χ0v) is 8.48. The van der Waals surface area contributed by atoms with Gasteiger partial charge in [-0.05, 0) is 6.42 Å². The van der Waals surface area contributed by atoms with Crippen LogP contribution in [0, 0.1) is 5.92 Å². The van der Waals surface area contributed by atoms with E-state index < -0.39 is 16.2 Å². The minimum Gasteiger partial charge on any atom is -0.468 e. The zero-order valence-electron chi connectivity index (χ0n) is 6.97. The Morgan fingerprint density at radius 1 is 1.62 bits per heavy atom. The van der Waals surface area contributed by atoms with E-state index in [1.165, 1.54) is 7.11 Å². The lowest BCUT2D eigenvalue weighted by molar-refractivity contribution is -0.141. The molecule has 1 rings (SSSR count). The molecular weight excluding hydrogens is 217 g/mol. The van der Waals surface area contributed by atoms with Crippen molar-refractivity contribution in [1.82, 2.24) is 5.32 Å². The van der Waals surface area contributed by atoms with Crippen LogP contribution < -0.4 is 5.32 Å². The van der Waals surface area contributed by atoms with Crippen LogP contribution in [0.5, 0.6) is 0 Å². The van der Waals surface area contributed by atoms with E-state index in [9.17, 15) is 9.59 Å². The Balaban J connectivity index is 2.24. The van der Waals surface area contributed by atoms with Crippen molar-refractivity contribution in [2.45, 2.75) is 10.8 Å². The minimum absolute atomic E-state index is 0.143. The minimum atomic E-state index is -0.944. The third-order valence-corrected chi connectivity index (χ3v) is 2.61. The Morgan fingerprint density at radius 2 is 2.15 bits per heavy atom. The molecular formula is C7H9Cl2NO3. The molecule has 1 N–H and O–H groups in total. The van der Waals surface area contributed by atoms with Crippen molar-refractivity contribution >= 4 is 35.1 Å². The van der Waals surface area contributed by atoms with Gasteiger partial charge in [-0.1, -0.05) is 0 Å². The first-order valence-corrected chi connectivity index (χ1v) is 4.45. The smallest absolute Gasteiger partial charge is 0.325 e. The first-order valence-electron chi connectivity index (χ1n) is 3.69. The van der Waals surface area contributed by atoms with Gasteiger partial charge in [0, 0.05) is 0 Å². The number of rotatable bonds is 3.